The van der Waals surface area contributed by atoms with Gasteiger partial charge in [-0.3, -0.25) is 9.20 Å². The number of ether oxygens (including phenoxy) is 1. The number of amides is 1. The lowest BCUT2D eigenvalue weighted by Crippen LogP contribution is -2.48. The van der Waals surface area contributed by atoms with Crippen molar-refractivity contribution in [3.8, 4) is 17.0 Å². The van der Waals surface area contributed by atoms with Gasteiger partial charge in [-0.15, -0.1) is 0 Å². The van der Waals surface area contributed by atoms with Gasteiger partial charge in [-0.25, -0.2) is 15.0 Å². The Balaban J connectivity index is 1.44. The average Bonchev–Trinajstić information content (AvgIpc) is 3.36. The number of nitrogens with one attached hydrogen (secondary N) is 1. The van der Waals surface area contributed by atoms with Crippen molar-refractivity contribution in [3.63, 3.8) is 0 Å². The first-order valence-corrected chi connectivity index (χ1v) is 11.0. The highest BCUT2D eigenvalue weighted by Crippen LogP contribution is 2.42. The summed E-state index contributed by atoms with van der Waals surface area (Å²) < 4.78 is 7.87. The van der Waals surface area contributed by atoms with Crippen molar-refractivity contribution in [2.24, 2.45) is 0 Å². The van der Waals surface area contributed by atoms with Crippen LogP contribution in [0.25, 0.3) is 17.0 Å². The molecule has 0 aliphatic carbocycles. The number of nitrogens with zero attached hydrogens (tertiary/aromatic N) is 5. The van der Waals surface area contributed by atoms with Gasteiger partial charge in [0.25, 0.3) is 5.91 Å². The third-order valence-electron chi connectivity index (χ3n) is 5.59. The molecule has 1 N–H and O–H groups in total. The van der Waals surface area contributed by atoms with E-state index in [1.54, 1.807) is 6.20 Å². The van der Waals surface area contributed by atoms with Gasteiger partial charge in [0.1, 0.15) is 17.2 Å². The second-order valence-corrected chi connectivity index (χ2v) is 9.38. The van der Waals surface area contributed by atoms with Crippen LogP contribution in [0.3, 0.4) is 0 Å². The van der Waals surface area contributed by atoms with E-state index in [9.17, 15) is 4.79 Å². The minimum atomic E-state index is -0.289. The van der Waals surface area contributed by atoms with Crippen molar-refractivity contribution in [2.45, 2.75) is 25.8 Å². The standard InChI is InChI=1S/C22H20N6O2S/c1-22(2)11-14-18(19(29)26-22)31-21(25-14)28-8-9-30-17-5-4-13(10-15(17)28)16-12-24-20-23-6-3-7-27(16)20/h3-7,10,12H,8-9,11H2,1-2H3,(H,26,29). The predicted molar refractivity (Wildman–Crippen MR) is 118 cm³/mol. The lowest BCUT2D eigenvalue weighted by atomic mass is 9.94. The summed E-state index contributed by atoms with van der Waals surface area (Å²) in [5.74, 6) is 1.42. The fraction of sp³-hybridized carbons (Fsp3) is 0.273. The molecule has 0 saturated carbocycles. The number of aromatic nitrogens is 4. The highest BCUT2D eigenvalue weighted by Gasteiger charge is 2.34. The number of carbonyl (C=O) groups is 1. The summed E-state index contributed by atoms with van der Waals surface area (Å²) >= 11 is 1.44. The van der Waals surface area contributed by atoms with Gasteiger partial charge < -0.3 is 15.0 Å². The molecule has 1 amide bonds. The van der Waals surface area contributed by atoms with Crippen LogP contribution < -0.4 is 15.0 Å². The first kappa shape index (κ1) is 18.3. The number of fused-ring (bicyclic) bond motifs is 3. The molecule has 156 valence electrons. The zero-order valence-corrected chi connectivity index (χ0v) is 17.9. The molecule has 0 saturated heterocycles. The first-order valence-electron chi connectivity index (χ1n) is 10.1. The summed E-state index contributed by atoms with van der Waals surface area (Å²) in [5, 5.41) is 3.88. The normalized spacial score (nSPS) is 17.1. The van der Waals surface area contributed by atoms with Crippen LogP contribution in [0.2, 0.25) is 0 Å². The molecule has 4 aromatic rings. The monoisotopic (exact) mass is 432 g/mol. The van der Waals surface area contributed by atoms with Gasteiger partial charge in [0.05, 0.1) is 29.8 Å². The molecule has 9 heteroatoms. The van der Waals surface area contributed by atoms with Gasteiger partial charge in [-0.1, -0.05) is 11.3 Å². The predicted octanol–water partition coefficient (Wildman–Crippen LogP) is 3.45. The highest BCUT2D eigenvalue weighted by molar-refractivity contribution is 7.17. The van der Waals surface area contributed by atoms with Crippen LogP contribution in [0.5, 0.6) is 5.75 Å². The molecule has 0 fully saturated rings. The fourth-order valence-corrected chi connectivity index (χ4v) is 5.21. The Morgan fingerprint density at radius 2 is 2.16 bits per heavy atom. The topological polar surface area (TPSA) is 84.7 Å². The van der Waals surface area contributed by atoms with Crippen LogP contribution in [0.1, 0.15) is 29.2 Å². The van der Waals surface area contributed by atoms with E-state index in [-0.39, 0.29) is 11.4 Å². The van der Waals surface area contributed by atoms with E-state index in [2.05, 4.69) is 26.3 Å². The van der Waals surface area contributed by atoms with E-state index in [0.29, 0.717) is 23.8 Å². The number of hydrogen-bond donors (Lipinski definition) is 1. The minimum Gasteiger partial charge on any atom is -0.490 e. The van der Waals surface area contributed by atoms with Gasteiger partial charge in [0.2, 0.25) is 5.78 Å². The van der Waals surface area contributed by atoms with Crippen molar-refractivity contribution in [1.29, 1.82) is 0 Å². The van der Waals surface area contributed by atoms with Crippen molar-refractivity contribution >= 4 is 33.8 Å². The highest BCUT2D eigenvalue weighted by atomic mass is 32.1. The third-order valence-corrected chi connectivity index (χ3v) is 6.71. The number of benzene rings is 1. The van der Waals surface area contributed by atoms with Gasteiger partial charge in [0, 0.05) is 29.9 Å². The number of anilines is 2. The maximum atomic E-state index is 12.6. The van der Waals surface area contributed by atoms with E-state index < -0.39 is 0 Å². The molecule has 31 heavy (non-hydrogen) atoms. The molecule has 3 aromatic heterocycles. The summed E-state index contributed by atoms with van der Waals surface area (Å²) in [7, 11) is 0. The van der Waals surface area contributed by atoms with Gasteiger partial charge >= 0.3 is 0 Å². The summed E-state index contributed by atoms with van der Waals surface area (Å²) in [6.45, 7) is 5.28. The Morgan fingerprint density at radius 3 is 3.06 bits per heavy atom. The summed E-state index contributed by atoms with van der Waals surface area (Å²) in [6, 6.07) is 7.99. The van der Waals surface area contributed by atoms with E-state index in [1.165, 1.54) is 11.3 Å². The van der Waals surface area contributed by atoms with Gasteiger partial charge in [-0.05, 0) is 38.1 Å². The Bertz CT molecular complexity index is 1340. The lowest BCUT2D eigenvalue weighted by Gasteiger charge is -2.29. The Kier molecular flexibility index (Phi) is 3.85. The smallest absolute Gasteiger partial charge is 0.263 e. The van der Waals surface area contributed by atoms with Crippen molar-refractivity contribution in [2.75, 3.05) is 18.1 Å². The van der Waals surface area contributed by atoms with E-state index in [0.717, 1.165) is 39.9 Å². The first-order chi connectivity index (χ1) is 15.0. The number of carbonyl (C=O) groups excluding carboxylic acids is 1. The molecule has 0 spiro atoms. The number of imidazole rings is 1. The average molecular weight is 433 g/mol. The van der Waals surface area contributed by atoms with Gasteiger partial charge in [-0.2, -0.15) is 0 Å². The zero-order chi connectivity index (χ0) is 21.2. The second-order valence-electron chi connectivity index (χ2n) is 8.40. The Labute approximate surface area is 182 Å². The molecule has 0 atom stereocenters. The minimum absolute atomic E-state index is 0.0459. The van der Waals surface area contributed by atoms with Crippen molar-refractivity contribution < 1.29 is 9.53 Å². The molecular formula is C22H20N6O2S. The molecule has 0 unspecified atom stereocenters. The lowest BCUT2D eigenvalue weighted by molar-refractivity contribution is 0.0901. The molecular weight excluding hydrogens is 412 g/mol. The molecule has 2 aliphatic rings. The molecule has 0 bridgehead atoms. The molecule has 1 aromatic carbocycles. The van der Waals surface area contributed by atoms with E-state index in [1.807, 2.05) is 48.8 Å². The van der Waals surface area contributed by atoms with Crippen molar-refractivity contribution in [3.05, 3.63) is 53.4 Å². The number of rotatable bonds is 2. The largest absolute Gasteiger partial charge is 0.490 e. The van der Waals surface area contributed by atoms with Crippen LogP contribution in [0.15, 0.2) is 42.9 Å². The van der Waals surface area contributed by atoms with Crippen LogP contribution in [-0.2, 0) is 6.42 Å². The molecule has 6 rings (SSSR count). The molecule has 0 radical (unpaired) electrons. The Morgan fingerprint density at radius 1 is 1.26 bits per heavy atom. The van der Waals surface area contributed by atoms with Crippen LogP contribution in [0, 0.1) is 0 Å². The van der Waals surface area contributed by atoms with E-state index in [4.69, 9.17) is 9.72 Å². The fourth-order valence-electron chi connectivity index (χ4n) is 4.20. The number of hydrogen-bond acceptors (Lipinski definition) is 7. The SMILES string of the molecule is CC1(C)Cc2nc(N3CCOc4ccc(-c5cnc6ncccn56)cc43)sc2C(=O)N1. The quantitative estimate of drug-likeness (QED) is 0.522. The maximum absolute atomic E-state index is 12.6. The van der Waals surface area contributed by atoms with Crippen LogP contribution in [0.4, 0.5) is 10.8 Å². The number of thiazole rings is 1. The maximum Gasteiger partial charge on any atom is 0.263 e. The third kappa shape index (κ3) is 2.96. The zero-order valence-electron chi connectivity index (χ0n) is 17.1. The van der Waals surface area contributed by atoms with Crippen LogP contribution >= 0.6 is 11.3 Å². The van der Waals surface area contributed by atoms with Crippen LogP contribution in [-0.4, -0.2) is 44.0 Å². The molecule has 8 nitrogen and oxygen atoms in total. The van der Waals surface area contributed by atoms with Gasteiger partial charge in [0.15, 0.2) is 5.13 Å². The Hall–Kier alpha value is -3.46. The molecule has 2 aliphatic heterocycles. The van der Waals surface area contributed by atoms with E-state index >= 15 is 0 Å². The summed E-state index contributed by atoms with van der Waals surface area (Å²) in [6.07, 6.45) is 6.23. The summed E-state index contributed by atoms with van der Waals surface area (Å²) in [5.41, 5.74) is 3.48. The summed E-state index contributed by atoms with van der Waals surface area (Å²) in [4.78, 5) is 29.0. The van der Waals surface area contributed by atoms with Crippen molar-refractivity contribution in [1.82, 2.24) is 24.7 Å². The molecule has 5 heterocycles. The second kappa shape index (κ2) is 6.52.